The van der Waals surface area contributed by atoms with Gasteiger partial charge < -0.3 is 9.88 Å². The summed E-state index contributed by atoms with van der Waals surface area (Å²) in [5, 5.41) is 2.80. The number of aromatic nitrogens is 1. The van der Waals surface area contributed by atoms with Crippen molar-refractivity contribution in [2.24, 2.45) is 0 Å². The van der Waals surface area contributed by atoms with E-state index in [2.05, 4.69) is 5.32 Å². The summed E-state index contributed by atoms with van der Waals surface area (Å²) in [5.74, 6) is -0.344. The van der Waals surface area contributed by atoms with Gasteiger partial charge in [-0.15, -0.1) is 0 Å². The summed E-state index contributed by atoms with van der Waals surface area (Å²) in [6, 6.07) is 17.7. The van der Waals surface area contributed by atoms with Crippen molar-refractivity contribution in [1.82, 2.24) is 9.88 Å². The van der Waals surface area contributed by atoms with Crippen LogP contribution in [0.1, 0.15) is 22.4 Å². The Bertz CT molecular complexity index is 1250. The lowest BCUT2D eigenvalue weighted by molar-refractivity contribution is -0.121. The Hall–Kier alpha value is -3.19. The Morgan fingerprint density at radius 3 is 2.26 bits per heavy atom. The fourth-order valence-electron chi connectivity index (χ4n) is 3.46. The topological polar surface area (TPSA) is 85.2 Å². The maximum absolute atomic E-state index is 13.2. The van der Waals surface area contributed by atoms with E-state index in [1.165, 1.54) is 16.7 Å². The van der Waals surface area contributed by atoms with Gasteiger partial charge in [-0.25, -0.2) is 8.42 Å². The van der Waals surface area contributed by atoms with Gasteiger partial charge in [0.25, 0.3) is 5.56 Å². The number of rotatable bonds is 7. The quantitative estimate of drug-likeness (QED) is 0.615. The number of amides is 1. The molecule has 3 rings (SSSR count). The van der Waals surface area contributed by atoms with E-state index in [-0.39, 0.29) is 22.2 Å². The molecule has 0 bridgehead atoms. The predicted molar refractivity (Wildman–Crippen MR) is 120 cm³/mol. The number of hydrogen-bond donors (Lipinski definition) is 1. The molecule has 1 aromatic heterocycles. The molecule has 31 heavy (non-hydrogen) atoms. The van der Waals surface area contributed by atoms with E-state index < -0.39 is 15.4 Å². The van der Waals surface area contributed by atoms with Gasteiger partial charge in [0.2, 0.25) is 15.7 Å². The van der Waals surface area contributed by atoms with Gasteiger partial charge in [0.15, 0.2) is 0 Å². The van der Waals surface area contributed by atoms with E-state index in [0.29, 0.717) is 24.2 Å². The molecule has 3 aromatic rings. The summed E-state index contributed by atoms with van der Waals surface area (Å²) in [7, 11) is -4.01. The van der Waals surface area contributed by atoms with E-state index in [1.54, 1.807) is 32.0 Å². The monoisotopic (exact) mass is 438 g/mol. The number of nitrogens with one attached hydrogen (secondary N) is 1. The van der Waals surface area contributed by atoms with Gasteiger partial charge in [0.05, 0.1) is 4.90 Å². The molecule has 1 heterocycles. The van der Waals surface area contributed by atoms with Gasteiger partial charge in [0.1, 0.15) is 11.4 Å². The Morgan fingerprint density at radius 2 is 1.61 bits per heavy atom. The highest BCUT2D eigenvalue weighted by Gasteiger charge is 2.26. The summed E-state index contributed by atoms with van der Waals surface area (Å²) < 4.78 is 27.5. The summed E-state index contributed by atoms with van der Waals surface area (Å²) in [6.07, 6.45) is 0.668. The van der Waals surface area contributed by atoms with E-state index in [0.717, 1.165) is 11.1 Å². The summed E-state index contributed by atoms with van der Waals surface area (Å²) in [4.78, 5) is 25.3. The molecule has 7 heteroatoms. The summed E-state index contributed by atoms with van der Waals surface area (Å²) in [5.41, 5.74) is 2.23. The molecule has 1 N–H and O–H groups in total. The summed E-state index contributed by atoms with van der Waals surface area (Å²) in [6.45, 7) is 5.33. The maximum Gasteiger partial charge on any atom is 0.270 e. The Morgan fingerprint density at radius 1 is 0.968 bits per heavy atom. The first-order chi connectivity index (χ1) is 14.7. The van der Waals surface area contributed by atoms with Gasteiger partial charge in [-0.1, -0.05) is 48.0 Å². The van der Waals surface area contributed by atoms with Crippen LogP contribution >= 0.6 is 0 Å². The number of nitrogens with zero attached hydrogens (tertiary/aromatic N) is 1. The van der Waals surface area contributed by atoms with Crippen molar-refractivity contribution in [1.29, 1.82) is 0 Å². The van der Waals surface area contributed by atoms with Crippen molar-refractivity contribution >= 4 is 15.7 Å². The number of benzene rings is 2. The maximum atomic E-state index is 13.2. The normalized spacial score (nSPS) is 11.3. The molecular formula is C24H26N2O4S. The van der Waals surface area contributed by atoms with Crippen LogP contribution in [0.5, 0.6) is 0 Å². The smallest absolute Gasteiger partial charge is 0.270 e. The van der Waals surface area contributed by atoms with Crippen molar-refractivity contribution in [3.63, 3.8) is 0 Å². The third kappa shape index (κ3) is 5.11. The lowest BCUT2D eigenvalue weighted by Crippen LogP contribution is -2.36. The average molecular weight is 439 g/mol. The van der Waals surface area contributed by atoms with Crippen LogP contribution in [-0.4, -0.2) is 25.4 Å². The molecule has 1 amide bonds. The van der Waals surface area contributed by atoms with Crippen molar-refractivity contribution in [2.75, 3.05) is 6.54 Å². The molecule has 0 aliphatic rings. The number of sulfone groups is 1. The first kappa shape index (κ1) is 22.5. The second-order valence-electron chi connectivity index (χ2n) is 7.59. The first-order valence-corrected chi connectivity index (χ1v) is 11.5. The van der Waals surface area contributed by atoms with E-state index >= 15 is 0 Å². The average Bonchev–Trinajstić information content (AvgIpc) is 2.72. The number of pyridine rings is 1. The number of hydrogen-bond acceptors (Lipinski definition) is 4. The van der Waals surface area contributed by atoms with Crippen LogP contribution in [0.2, 0.25) is 0 Å². The summed E-state index contributed by atoms with van der Waals surface area (Å²) >= 11 is 0. The predicted octanol–water partition coefficient (Wildman–Crippen LogP) is 2.97. The molecule has 0 atom stereocenters. The molecule has 0 saturated carbocycles. The van der Waals surface area contributed by atoms with Gasteiger partial charge in [0, 0.05) is 12.2 Å². The van der Waals surface area contributed by atoms with Gasteiger partial charge in [-0.2, -0.15) is 0 Å². The molecule has 0 spiro atoms. The van der Waals surface area contributed by atoms with Crippen molar-refractivity contribution < 1.29 is 13.2 Å². The van der Waals surface area contributed by atoms with E-state index in [4.69, 9.17) is 0 Å². The third-order valence-corrected chi connectivity index (χ3v) is 7.06. The molecule has 0 aliphatic heterocycles. The zero-order chi connectivity index (χ0) is 22.6. The van der Waals surface area contributed by atoms with Crippen LogP contribution < -0.4 is 10.9 Å². The molecule has 162 valence electrons. The standard InChI is InChI=1S/C24H26N2O4S/c1-17-9-11-21(12-10-17)31(29,30)23-18(2)15-19(3)26(24(23)28)16-22(27)25-14-13-20-7-5-4-6-8-20/h4-12,15H,13-14,16H2,1-3H3,(H,25,27). The minimum absolute atomic E-state index is 0.0565. The SMILES string of the molecule is Cc1ccc(S(=O)(=O)c2c(C)cc(C)n(CC(=O)NCCc3ccccc3)c2=O)cc1. The van der Waals surface area contributed by atoms with Crippen LogP contribution in [0.25, 0.3) is 0 Å². The molecule has 2 aromatic carbocycles. The largest absolute Gasteiger partial charge is 0.354 e. The zero-order valence-corrected chi connectivity index (χ0v) is 18.7. The van der Waals surface area contributed by atoms with Crippen LogP contribution in [0.4, 0.5) is 0 Å². The molecule has 0 saturated heterocycles. The molecule has 6 nitrogen and oxygen atoms in total. The number of aryl methyl sites for hydroxylation is 3. The Labute approximate surface area is 182 Å². The lowest BCUT2D eigenvalue weighted by Gasteiger charge is -2.15. The van der Waals surface area contributed by atoms with Crippen LogP contribution in [0, 0.1) is 20.8 Å². The second-order valence-corrected chi connectivity index (χ2v) is 9.48. The van der Waals surface area contributed by atoms with Crippen molar-refractivity contribution in [2.45, 2.75) is 43.5 Å². The molecular weight excluding hydrogens is 412 g/mol. The number of carbonyl (C=O) groups excluding carboxylic acids is 1. The minimum atomic E-state index is -4.01. The Balaban J connectivity index is 1.84. The first-order valence-electron chi connectivity index (χ1n) is 10.0. The van der Waals surface area contributed by atoms with E-state index in [9.17, 15) is 18.0 Å². The molecule has 0 fully saturated rings. The van der Waals surface area contributed by atoms with Gasteiger partial charge in [-0.3, -0.25) is 9.59 Å². The van der Waals surface area contributed by atoms with Crippen LogP contribution in [0.15, 0.2) is 75.2 Å². The Kier molecular flexibility index (Phi) is 6.75. The zero-order valence-electron chi connectivity index (χ0n) is 17.9. The van der Waals surface area contributed by atoms with Crippen molar-refractivity contribution in [3.05, 3.63) is 93.4 Å². The third-order valence-electron chi connectivity index (χ3n) is 5.13. The fourth-order valence-corrected chi connectivity index (χ4v) is 5.01. The van der Waals surface area contributed by atoms with Crippen LogP contribution in [-0.2, 0) is 27.6 Å². The molecule has 0 unspecified atom stereocenters. The highest BCUT2D eigenvalue weighted by Crippen LogP contribution is 2.22. The van der Waals surface area contributed by atoms with Crippen molar-refractivity contribution in [3.8, 4) is 0 Å². The molecule has 0 radical (unpaired) electrons. The number of carbonyl (C=O) groups is 1. The molecule has 0 aliphatic carbocycles. The highest BCUT2D eigenvalue weighted by molar-refractivity contribution is 7.91. The van der Waals surface area contributed by atoms with E-state index in [1.807, 2.05) is 37.3 Å². The second kappa shape index (κ2) is 9.31. The minimum Gasteiger partial charge on any atom is -0.354 e. The van der Waals surface area contributed by atoms with Gasteiger partial charge in [-0.05, 0) is 56.5 Å². The highest BCUT2D eigenvalue weighted by atomic mass is 32.2. The van der Waals surface area contributed by atoms with Crippen LogP contribution in [0.3, 0.4) is 0 Å². The van der Waals surface area contributed by atoms with Gasteiger partial charge >= 0.3 is 0 Å². The fraction of sp³-hybridized carbons (Fsp3) is 0.250. The lowest BCUT2D eigenvalue weighted by atomic mass is 10.1.